The van der Waals surface area contributed by atoms with Crippen molar-refractivity contribution in [3.63, 3.8) is 0 Å². The van der Waals surface area contributed by atoms with Crippen LogP contribution in [-0.2, 0) is 4.79 Å². The molecule has 0 radical (unpaired) electrons. The van der Waals surface area contributed by atoms with Crippen molar-refractivity contribution in [1.29, 1.82) is 0 Å². The second-order valence-electron chi connectivity index (χ2n) is 5.46. The van der Waals surface area contributed by atoms with Gasteiger partial charge in [0.15, 0.2) is 11.6 Å². The number of hydrogen-bond donors (Lipinski definition) is 0. The summed E-state index contributed by atoms with van der Waals surface area (Å²) < 4.78 is 10.8. The van der Waals surface area contributed by atoms with Gasteiger partial charge in [0, 0.05) is 18.1 Å². The SMILES string of the molecule is CCCOc1ccc(OC(C)=O)c2c1C(=O)c1ccccc1C2=O. The van der Waals surface area contributed by atoms with E-state index in [2.05, 4.69) is 0 Å². The molecule has 0 fully saturated rings. The van der Waals surface area contributed by atoms with Crippen molar-refractivity contribution in [2.45, 2.75) is 20.3 Å². The number of carbonyl (C=O) groups is 3. The van der Waals surface area contributed by atoms with E-state index in [1.807, 2.05) is 6.92 Å². The molecule has 0 aromatic heterocycles. The molecular formula is C19H16O5. The van der Waals surface area contributed by atoms with E-state index in [0.29, 0.717) is 23.5 Å². The zero-order valence-electron chi connectivity index (χ0n) is 13.4. The molecule has 0 heterocycles. The number of benzene rings is 2. The molecule has 0 N–H and O–H groups in total. The number of ether oxygens (including phenoxy) is 2. The minimum Gasteiger partial charge on any atom is -0.493 e. The van der Waals surface area contributed by atoms with Gasteiger partial charge >= 0.3 is 5.97 Å². The minimum atomic E-state index is -0.557. The van der Waals surface area contributed by atoms with Crippen molar-refractivity contribution in [1.82, 2.24) is 0 Å². The molecule has 5 heteroatoms. The van der Waals surface area contributed by atoms with Gasteiger partial charge in [-0.3, -0.25) is 14.4 Å². The van der Waals surface area contributed by atoms with Gasteiger partial charge in [-0.15, -0.1) is 0 Å². The predicted molar refractivity (Wildman–Crippen MR) is 86.8 cm³/mol. The second-order valence-corrected chi connectivity index (χ2v) is 5.46. The first-order valence-electron chi connectivity index (χ1n) is 7.71. The fourth-order valence-electron chi connectivity index (χ4n) is 2.74. The number of fused-ring (bicyclic) bond motifs is 2. The van der Waals surface area contributed by atoms with Crippen LogP contribution in [0.15, 0.2) is 36.4 Å². The van der Waals surface area contributed by atoms with Crippen LogP contribution >= 0.6 is 0 Å². The average molecular weight is 324 g/mol. The van der Waals surface area contributed by atoms with E-state index in [1.165, 1.54) is 13.0 Å². The van der Waals surface area contributed by atoms with Crippen LogP contribution in [0.25, 0.3) is 0 Å². The second kappa shape index (κ2) is 6.28. The summed E-state index contributed by atoms with van der Waals surface area (Å²) in [7, 11) is 0. The Kier molecular flexibility index (Phi) is 4.16. The number of carbonyl (C=O) groups excluding carboxylic acids is 3. The van der Waals surface area contributed by atoms with Crippen molar-refractivity contribution in [2.24, 2.45) is 0 Å². The Bertz CT molecular complexity index is 851. The highest BCUT2D eigenvalue weighted by Gasteiger charge is 2.35. The first-order valence-corrected chi connectivity index (χ1v) is 7.71. The van der Waals surface area contributed by atoms with E-state index in [0.717, 1.165) is 6.42 Å². The van der Waals surface area contributed by atoms with Gasteiger partial charge in [0.1, 0.15) is 11.5 Å². The predicted octanol–water partition coefficient (Wildman–Crippen LogP) is 3.18. The molecule has 1 aliphatic carbocycles. The average Bonchev–Trinajstić information content (AvgIpc) is 2.57. The van der Waals surface area contributed by atoms with Crippen LogP contribution in [0.4, 0.5) is 0 Å². The van der Waals surface area contributed by atoms with Crippen molar-refractivity contribution < 1.29 is 23.9 Å². The Labute approximate surface area is 139 Å². The third kappa shape index (κ3) is 2.58. The maximum absolute atomic E-state index is 12.9. The zero-order valence-corrected chi connectivity index (χ0v) is 13.4. The standard InChI is InChI=1S/C19H16O5/c1-3-10-23-14-8-9-15(24-11(2)20)17-16(14)18(21)12-6-4-5-7-13(12)19(17)22/h4-9H,3,10H2,1-2H3. The van der Waals surface area contributed by atoms with E-state index in [9.17, 15) is 14.4 Å². The summed E-state index contributed by atoms with van der Waals surface area (Å²) in [6, 6.07) is 9.65. The maximum atomic E-state index is 12.9. The Morgan fingerprint density at radius 1 is 0.917 bits per heavy atom. The maximum Gasteiger partial charge on any atom is 0.308 e. The van der Waals surface area contributed by atoms with Crippen molar-refractivity contribution >= 4 is 17.5 Å². The van der Waals surface area contributed by atoms with E-state index in [1.54, 1.807) is 30.3 Å². The van der Waals surface area contributed by atoms with Crippen LogP contribution in [0.5, 0.6) is 11.5 Å². The summed E-state index contributed by atoms with van der Waals surface area (Å²) in [6.45, 7) is 3.61. The summed E-state index contributed by atoms with van der Waals surface area (Å²) in [4.78, 5) is 37.1. The molecular weight excluding hydrogens is 308 g/mol. The van der Waals surface area contributed by atoms with Crippen LogP contribution in [-0.4, -0.2) is 24.1 Å². The van der Waals surface area contributed by atoms with E-state index < -0.39 is 5.97 Å². The van der Waals surface area contributed by atoms with Gasteiger partial charge in [-0.2, -0.15) is 0 Å². The molecule has 0 saturated carbocycles. The molecule has 2 aromatic carbocycles. The summed E-state index contributed by atoms with van der Waals surface area (Å²) in [5.74, 6) is -0.804. The fourth-order valence-corrected chi connectivity index (χ4v) is 2.74. The molecule has 24 heavy (non-hydrogen) atoms. The number of esters is 1. The summed E-state index contributed by atoms with van der Waals surface area (Å²) in [5.41, 5.74) is 0.876. The van der Waals surface area contributed by atoms with Gasteiger partial charge in [-0.05, 0) is 18.6 Å². The third-order valence-electron chi connectivity index (χ3n) is 3.71. The lowest BCUT2D eigenvalue weighted by atomic mass is 9.83. The highest BCUT2D eigenvalue weighted by molar-refractivity contribution is 6.30. The molecule has 0 amide bonds. The molecule has 0 spiro atoms. The topological polar surface area (TPSA) is 69.7 Å². The Balaban J connectivity index is 2.24. The normalized spacial score (nSPS) is 12.4. The van der Waals surface area contributed by atoms with Gasteiger partial charge in [-0.25, -0.2) is 0 Å². The number of ketones is 2. The zero-order chi connectivity index (χ0) is 17.3. The molecule has 2 aromatic rings. The van der Waals surface area contributed by atoms with Crippen LogP contribution < -0.4 is 9.47 Å². The number of hydrogen-bond acceptors (Lipinski definition) is 5. The monoisotopic (exact) mass is 324 g/mol. The van der Waals surface area contributed by atoms with Crippen LogP contribution in [0.2, 0.25) is 0 Å². The molecule has 122 valence electrons. The lowest BCUT2D eigenvalue weighted by Gasteiger charge is -2.22. The van der Waals surface area contributed by atoms with Crippen molar-refractivity contribution in [3.05, 3.63) is 58.7 Å². The van der Waals surface area contributed by atoms with E-state index >= 15 is 0 Å². The van der Waals surface area contributed by atoms with Crippen molar-refractivity contribution in [3.8, 4) is 11.5 Å². The lowest BCUT2D eigenvalue weighted by molar-refractivity contribution is -0.131. The molecule has 1 aliphatic rings. The number of rotatable bonds is 4. The quantitative estimate of drug-likeness (QED) is 0.544. The van der Waals surface area contributed by atoms with E-state index in [-0.39, 0.29) is 28.4 Å². The smallest absolute Gasteiger partial charge is 0.308 e. The summed E-state index contributed by atoms with van der Waals surface area (Å²) in [5, 5.41) is 0. The lowest BCUT2D eigenvalue weighted by Crippen LogP contribution is -2.23. The molecule has 0 unspecified atom stereocenters. The highest BCUT2D eigenvalue weighted by Crippen LogP contribution is 2.38. The van der Waals surface area contributed by atoms with Crippen LogP contribution in [0.3, 0.4) is 0 Å². The van der Waals surface area contributed by atoms with Crippen LogP contribution in [0, 0.1) is 0 Å². The van der Waals surface area contributed by atoms with Crippen LogP contribution in [0.1, 0.15) is 52.1 Å². The third-order valence-corrected chi connectivity index (χ3v) is 3.71. The molecule has 5 nitrogen and oxygen atoms in total. The Hall–Kier alpha value is -2.95. The molecule has 0 aliphatic heterocycles. The summed E-state index contributed by atoms with van der Waals surface area (Å²) >= 11 is 0. The summed E-state index contributed by atoms with van der Waals surface area (Å²) in [6.07, 6.45) is 0.763. The van der Waals surface area contributed by atoms with Crippen molar-refractivity contribution in [2.75, 3.05) is 6.61 Å². The molecule has 3 rings (SSSR count). The largest absolute Gasteiger partial charge is 0.493 e. The Morgan fingerprint density at radius 3 is 2.00 bits per heavy atom. The molecule has 0 atom stereocenters. The van der Waals surface area contributed by atoms with Gasteiger partial charge in [0.05, 0.1) is 17.7 Å². The minimum absolute atomic E-state index is 0.0780. The van der Waals surface area contributed by atoms with E-state index in [4.69, 9.17) is 9.47 Å². The Morgan fingerprint density at radius 2 is 1.46 bits per heavy atom. The highest BCUT2D eigenvalue weighted by atomic mass is 16.5. The van der Waals surface area contributed by atoms with Gasteiger partial charge in [-0.1, -0.05) is 31.2 Å². The molecule has 0 saturated heterocycles. The molecule has 0 bridgehead atoms. The van der Waals surface area contributed by atoms with Gasteiger partial charge < -0.3 is 9.47 Å². The first-order chi connectivity index (χ1) is 11.5. The van der Waals surface area contributed by atoms with Gasteiger partial charge in [0.25, 0.3) is 0 Å². The fraction of sp³-hybridized carbons (Fsp3) is 0.211. The first kappa shape index (κ1) is 15.9. The van der Waals surface area contributed by atoms with Gasteiger partial charge in [0.2, 0.25) is 0 Å².